The van der Waals surface area contributed by atoms with E-state index in [0.29, 0.717) is 23.6 Å². The monoisotopic (exact) mass is 364 g/mol. The quantitative estimate of drug-likeness (QED) is 0.781. The summed E-state index contributed by atoms with van der Waals surface area (Å²) in [5.74, 6) is 1.56. The Bertz CT molecular complexity index is 811. The number of hydrogen-bond donors (Lipinski definition) is 2. The van der Waals surface area contributed by atoms with E-state index in [4.69, 9.17) is 10.2 Å². The van der Waals surface area contributed by atoms with E-state index >= 15 is 0 Å². The van der Waals surface area contributed by atoms with Gasteiger partial charge >= 0.3 is 0 Å². The number of nitrogens with zero attached hydrogens (tertiary/aromatic N) is 4. The third-order valence-corrected chi connectivity index (χ3v) is 4.60. The van der Waals surface area contributed by atoms with Gasteiger partial charge in [-0.05, 0) is 31.0 Å². The van der Waals surface area contributed by atoms with Crippen molar-refractivity contribution in [3.63, 3.8) is 0 Å². The Kier molecular flexibility index (Phi) is 6.25. The summed E-state index contributed by atoms with van der Waals surface area (Å²) in [6.45, 7) is 8.48. The van der Waals surface area contributed by atoms with E-state index in [1.165, 1.54) is 0 Å². The molecular formula is C21H28N6. The van der Waals surface area contributed by atoms with Crippen LogP contribution in [0.3, 0.4) is 0 Å². The molecule has 0 spiro atoms. The Morgan fingerprint density at radius 2 is 2.15 bits per heavy atom. The van der Waals surface area contributed by atoms with Gasteiger partial charge in [0.25, 0.3) is 0 Å². The lowest BCUT2D eigenvalue weighted by Crippen LogP contribution is -2.37. The maximum absolute atomic E-state index is 9.10. The van der Waals surface area contributed by atoms with E-state index < -0.39 is 0 Å². The molecule has 27 heavy (non-hydrogen) atoms. The van der Waals surface area contributed by atoms with E-state index in [-0.39, 0.29) is 0 Å². The molecule has 0 radical (unpaired) electrons. The minimum absolute atomic E-state index is 0.487. The first-order valence-corrected chi connectivity index (χ1v) is 9.73. The Hall–Kier alpha value is -2.65. The third kappa shape index (κ3) is 5.18. The number of anilines is 3. The predicted octanol–water partition coefficient (Wildman–Crippen LogP) is 3.62. The molecule has 0 unspecified atom stereocenters. The van der Waals surface area contributed by atoms with Gasteiger partial charge in [-0.2, -0.15) is 10.2 Å². The van der Waals surface area contributed by atoms with Crippen LogP contribution in [0.2, 0.25) is 0 Å². The Labute approximate surface area is 161 Å². The summed E-state index contributed by atoms with van der Waals surface area (Å²) in [6, 6.07) is 12.6. The fraction of sp³-hybridized carbons (Fsp3) is 0.476. The Morgan fingerprint density at radius 3 is 2.89 bits per heavy atom. The van der Waals surface area contributed by atoms with Crippen LogP contribution in [0, 0.1) is 11.3 Å². The van der Waals surface area contributed by atoms with Crippen LogP contribution in [0.5, 0.6) is 0 Å². The highest BCUT2D eigenvalue weighted by Gasteiger charge is 2.24. The SMILES string of the molecule is CCCc1cc(N2CC[C@H](NC(C)C)C2)nc(Nc2cccc(C#N)c2)n1. The summed E-state index contributed by atoms with van der Waals surface area (Å²) in [5.41, 5.74) is 2.49. The maximum atomic E-state index is 9.10. The summed E-state index contributed by atoms with van der Waals surface area (Å²) < 4.78 is 0. The van der Waals surface area contributed by atoms with Gasteiger partial charge in [0, 0.05) is 42.6 Å². The molecule has 0 aliphatic carbocycles. The third-order valence-electron chi connectivity index (χ3n) is 4.60. The first-order chi connectivity index (χ1) is 13.1. The molecule has 3 rings (SSSR count). The first-order valence-electron chi connectivity index (χ1n) is 9.73. The standard InChI is InChI=1S/C21H28N6/c1-4-6-17-12-20(27-10-9-19(14-27)23-15(2)3)26-21(24-17)25-18-8-5-7-16(11-18)13-22/h5,7-8,11-12,15,19,23H,4,6,9-10,14H2,1-3H3,(H,24,25,26)/t19-/m0/s1. The zero-order chi connectivity index (χ0) is 19.2. The van der Waals surface area contributed by atoms with Crippen LogP contribution >= 0.6 is 0 Å². The molecule has 1 aromatic heterocycles. The molecule has 1 aliphatic heterocycles. The summed E-state index contributed by atoms with van der Waals surface area (Å²) in [6.07, 6.45) is 3.08. The van der Waals surface area contributed by atoms with Gasteiger partial charge in [-0.15, -0.1) is 0 Å². The zero-order valence-electron chi connectivity index (χ0n) is 16.4. The van der Waals surface area contributed by atoms with Crippen molar-refractivity contribution in [2.24, 2.45) is 0 Å². The van der Waals surface area contributed by atoms with Gasteiger partial charge in [-0.25, -0.2) is 4.98 Å². The second-order valence-corrected chi connectivity index (χ2v) is 7.36. The molecule has 0 bridgehead atoms. The van der Waals surface area contributed by atoms with Crippen LogP contribution in [-0.2, 0) is 6.42 Å². The minimum Gasteiger partial charge on any atom is -0.355 e. The zero-order valence-corrected chi connectivity index (χ0v) is 16.4. The molecule has 0 saturated carbocycles. The highest BCUT2D eigenvalue weighted by Crippen LogP contribution is 2.23. The molecule has 1 saturated heterocycles. The molecule has 2 N–H and O–H groups in total. The number of benzene rings is 1. The summed E-state index contributed by atoms with van der Waals surface area (Å²) in [5, 5.41) is 16.0. The Balaban J connectivity index is 1.81. The number of aromatic nitrogens is 2. The molecule has 2 aromatic rings. The van der Waals surface area contributed by atoms with Crippen LogP contribution < -0.4 is 15.5 Å². The maximum Gasteiger partial charge on any atom is 0.229 e. The van der Waals surface area contributed by atoms with Crippen LogP contribution in [0.15, 0.2) is 30.3 Å². The van der Waals surface area contributed by atoms with E-state index in [1.54, 1.807) is 6.07 Å². The molecule has 6 heteroatoms. The average Bonchev–Trinajstić information content (AvgIpc) is 3.10. The number of nitrogens with one attached hydrogen (secondary N) is 2. The lowest BCUT2D eigenvalue weighted by atomic mass is 10.2. The normalized spacial score (nSPS) is 16.6. The van der Waals surface area contributed by atoms with Crippen molar-refractivity contribution in [3.05, 3.63) is 41.6 Å². The fourth-order valence-electron chi connectivity index (χ4n) is 3.46. The molecule has 1 aliphatic rings. The molecule has 0 amide bonds. The van der Waals surface area contributed by atoms with E-state index in [1.807, 2.05) is 18.2 Å². The largest absolute Gasteiger partial charge is 0.355 e. The highest BCUT2D eigenvalue weighted by atomic mass is 15.3. The highest BCUT2D eigenvalue weighted by molar-refractivity contribution is 5.58. The van der Waals surface area contributed by atoms with E-state index in [9.17, 15) is 0 Å². The van der Waals surface area contributed by atoms with Crippen molar-refractivity contribution in [2.75, 3.05) is 23.3 Å². The second kappa shape index (κ2) is 8.83. The number of rotatable bonds is 7. The van der Waals surface area contributed by atoms with Crippen molar-refractivity contribution in [1.29, 1.82) is 5.26 Å². The van der Waals surface area contributed by atoms with Crippen molar-refractivity contribution < 1.29 is 0 Å². The van der Waals surface area contributed by atoms with Gasteiger partial charge < -0.3 is 15.5 Å². The molecular weight excluding hydrogens is 336 g/mol. The van der Waals surface area contributed by atoms with Crippen LogP contribution in [-0.4, -0.2) is 35.1 Å². The lowest BCUT2D eigenvalue weighted by molar-refractivity contribution is 0.492. The van der Waals surface area contributed by atoms with Gasteiger partial charge in [0.15, 0.2) is 0 Å². The van der Waals surface area contributed by atoms with Crippen molar-refractivity contribution in [3.8, 4) is 6.07 Å². The Morgan fingerprint density at radius 1 is 1.30 bits per heavy atom. The van der Waals surface area contributed by atoms with Crippen molar-refractivity contribution in [1.82, 2.24) is 15.3 Å². The van der Waals surface area contributed by atoms with Crippen molar-refractivity contribution in [2.45, 2.75) is 52.1 Å². The topological polar surface area (TPSA) is 76.9 Å². The number of nitriles is 1. The van der Waals surface area contributed by atoms with Gasteiger partial charge in [0.05, 0.1) is 11.6 Å². The van der Waals surface area contributed by atoms with Gasteiger partial charge in [-0.1, -0.05) is 33.3 Å². The lowest BCUT2D eigenvalue weighted by Gasteiger charge is -2.20. The number of hydrogen-bond acceptors (Lipinski definition) is 6. The second-order valence-electron chi connectivity index (χ2n) is 7.36. The predicted molar refractivity (Wildman–Crippen MR) is 109 cm³/mol. The van der Waals surface area contributed by atoms with Crippen LogP contribution in [0.4, 0.5) is 17.5 Å². The molecule has 1 atom stereocenters. The van der Waals surface area contributed by atoms with Gasteiger partial charge in [0.1, 0.15) is 5.82 Å². The molecule has 1 fully saturated rings. The molecule has 6 nitrogen and oxygen atoms in total. The van der Waals surface area contributed by atoms with Gasteiger partial charge in [0.2, 0.25) is 5.95 Å². The van der Waals surface area contributed by atoms with E-state index in [0.717, 1.165) is 49.6 Å². The summed E-state index contributed by atoms with van der Waals surface area (Å²) >= 11 is 0. The summed E-state index contributed by atoms with van der Waals surface area (Å²) in [4.78, 5) is 11.8. The summed E-state index contributed by atoms with van der Waals surface area (Å²) in [7, 11) is 0. The van der Waals surface area contributed by atoms with Crippen LogP contribution in [0.1, 0.15) is 44.9 Å². The molecule has 1 aromatic carbocycles. The first kappa shape index (κ1) is 19.1. The van der Waals surface area contributed by atoms with Crippen LogP contribution in [0.25, 0.3) is 0 Å². The minimum atomic E-state index is 0.487. The fourth-order valence-corrected chi connectivity index (χ4v) is 3.46. The molecule has 2 heterocycles. The van der Waals surface area contributed by atoms with E-state index in [2.05, 4.69) is 53.4 Å². The smallest absolute Gasteiger partial charge is 0.229 e. The van der Waals surface area contributed by atoms with Crippen molar-refractivity contribution >= 4 is 17.5 Å². The van der Waals surface area contributed by atoms with Gasteiger partial charge in [-0.3, -0.25) is 0 Å². The average molecular weight is 364 g/mol. The number of aryl methyl sites for hydroxylation is 1. The molecule has 142 valence electrons.